The third-order valence-electron chi connectivity index (χ3n) is 5.92. The summed E-state index contributed by atoms with van der Waals surface area (Å²) in [5.41, 5.74) is 1.81. The van der Waals surface area contributed by atoms with Gasteiger partial charge in [0.05, 0.1) is 0 Å². The molecule has 1 saturated heterocycles. The van der Waals surface area contributed by atoms with Crippen LogP contribution in [0.2, 0.25) is 0 Å². The summed E-state index contributed by atoms with van der Waals surface area (Å²) < 4.78 is 41.9. The number of allylic oxidation sites excluding steroid dienone is 3. The van der Waals surface area contributed by atoms with E-state index >= 15 is 0 Å². The molecule has 6 nitrogen and oxygen atoms in total. The molecule has 150 valence electrons. The Morgan fingerprint density at radius 2 is 2.07 bits per heavy atom. The van der Waals surface area contributed by atoms with E-state index in [1.807, 2.05) is 25.4 Å². The van der Waals surface area contributed by atoms with E-state index in [9.17, 15) is 12.8 Å². The Morgan fingerprint density at radius 1 is 1.29 bits per heavy atom. The average molecular weight is 405 g/mol. The van der Waals surface area contributed by atoms with E-state index in [1.54, 1.807) is 18.3 Å². The highest BCUT2D eigenvalue weighted by molar-refractivity contribution is 7.90. The van der Waals surface area contributed by atoms with Crippen molar-refractivity contribution in [2.45, 2.75) is 30.8 Å². The largest absolute Gasteiger partial charge is 0.369 e. The molecule has 1 fully saturated rings. The number of nitrogens with zero attached hydrogens (tertiary/aromatic N) is 3. The number of likely N-dealkylation sites (N-methyl/N-ethyl adjacent to an activating group) is 1. The van der Waals surface area contributed by atoms with Crippen LogP contribution in [0.25, 0.3) is 11.0 Å². The van der Waals surface area contributed by atoms with Gasteiger partial charge in [0.2, 0.25) is 10.0 Å². The lowest BCUT2D eigenvalue weighted by Gasteiger charge is -2.43. The van der Waals surface area contributed by atoms with Crippen LogP contribution in [0.15, 0.2) is 48.8 Å². The van der Waals surface area contributed by atoms with E-state index < -0.39 is 21.4 Å². The van der Waals surface area contributed by atoms with Gasteiger partial charge in [-0.05, 0) is 30.5 Å². The molecule has 4 rings (SSSR count). The van der Waals surface area contributed by atoms with Crippen molar-refractivity contribution in [2.24, 2.45) is 5.92 Å². The maximum Gasteiger partial charge on any atom is 0.223 e. The monoisotopic (exact) mass is 404 g/mol. The Balaban J connectivity index is 1.61. The van der Waals surface area contributed by atoms with Gasteiger partial charge in [-0.1, -0.05) is 25.2 Å². The fraction of sp³-hybridized carbons (Fsp3) is 0.450. The SMILES string of the molecule is C[C@@H]1CCN(S(=O)(=O)C2C=CC=CC2F)C[C@@H]1N(C)c1ccnc2[nH]ccc12. The molecule has 28 heavy (non-hydrogen) atoms. The number of halogens is 1. The molecular formula is C20H25FN4O2S. The molecule has 8 heteroatoms. The van der Waals surface area contributed by atoms with Crippen LogP contribution < -0.4 is 4.90 Å². The van der Waals surface area contributed by atoms with Crippen LogP contribution in [-0.4, -0.2) is 60.3 Å². The number of hydrogen-bond acceptors (Lipinski definition) is 4. The van der Waals surface area contributed by atoms with Crippen LogP contribution in [0.1, 0.15) is 13.3 Å². The lowest BCUT2D eigenvalue weighted by atomic mass is 9.93. The van der Waals surface area contributed by atoms with Gasteiger partial charge in [-0.25, -0.2) is 17.8 Å². The Morgan fingerprint density at radius 3 is 2.86 bits per heavy atom. The van der Waals surface area contributed by atoms with Crippen LogP contribution >= 0.6 is 0 Å². The minimum Gasteiger partial charge on any atom is -0.369 e. The molecule has 2 aromatic rings. The molecule has 1 aliphatic carbocycles. The predicted octanol–water partition coefficient (Wildman–Crippen LogP) is 2.87. The first-order valence-corrected chi connectivity index (χ1v) is 11.0. The molecule has 0 amide bonds. The standard InChI is InChI=1S/C20H25FN4O2S/c1-14-9-12-25(28(26,27)19-6-4-3-5-16(19)21)13-18(14)24(2)17-8-11-23-20-15(17)7-10-22-20/h3-8,10-11,14,16,18-19H,9,12-13H2,1-2H3,(H,22,23)/t14-,16?,18+,19?/m1/s1. The highest BCUT2D eigenvalue weighted by Gasteiger charge is 2.41. The van der Waals surface area contributed by atoms with Crippen molar-refractivity contribution < 1.29 is 12.8 Å². The first kappa shape index (κ1) is 19.1. The van der Waals surface area contributed by atoms with Gasteiger partial charge < -0.3 is 9.88 Å². The van der Waals surface area contributed by atoms with E-state index in [2.05, 4.69) is 21.8 Å². The van der Waals surface area contributed by atoms with Crippen molar-refractivity contribution in [2.75, 3.05) is 25.0 Å². The number of H-pyrrole nitrogens is 1. The summed E-state index contributed by atoms with van der Waals surface area (Å²) in [4.78, 5) is 9.57. The Bertz CT molecular complexity index is 1020. The zero-order chi connectivity index (χ0) is 19.9. The van der Waals surface area contributed by atoms with Crippen LogP contribution in [0, 0.1) is 5.92 Å². The number of hydrogen-bond donors (Lipinski definition) is 1. The molecule has 0 bridgehead atoms. The summed E-state index contributed by atoms with van der Waals surface area (Å²) in [5, 5.41) is -0.143. The second-order valence-electron chi connectivity index (χ2n) is 7.60. The molecule has 0 radical (unpaired) electrons. The molecule has 0 saturated carbocycles. The molecule has 1 N–H and O–H groups in total. The fourth-order valence-electron chi connectivity index (χ4n) is 4.18. The lowest BCUT2D eigenvalue weighted by molar-refractivity contribution is 0.244. The third kappa shape index (κ3) is 3.24. The van der Waals surface area contributed by atoms with Gasteiger partial charge in [-0.2, -0.15) is 4.31 Å². The second-order valence-corrected chi connectivity index (χ2v) is 9.69. The first-order chi connectivity index (χ1) is 13.4. The summed E-state index contributed by atoms with van der Waals surface area (Å²) in [7, 11) is -1.78. The minimum absolute atomic E-state index is 0.00908. The number of piperidine rings is 1. The first-order valence-electron chi connectivity index (χ1n) is 9.52. The van der Waals surface area contributed by atoms with Gasteiger partial charge in [-0.3, -0.25) is 0 Å². The minimum atomic E-state index is -3.76. The van der Waals surface area contributed by atoms with Gasteiger partial charge in [0.25, 0.3) is 0 Å². The maximum absolute atomic E-state index is 14.3. The summed E-state index contributed by atoms with van der Waals surface area (Å²) in [5.74, 6) is 0.307. The molecule has 3 heterocycles. The highest BCUT2D eigenvalue weighted by atomic mass is 32.2. The number of fused-ring (bicyclic) bond motifs is 1. The van der Waals surface area contributed by atoms with Crippen molar-refractivity contribution in [1.82, 2.24) is 14.3 Å². The molecule has 2 unspecified atom stereocenters. The number of nitrogens with one attached hydrogen (secondary N) is 1. The molecular weight excluding hydrogens is 379 g/mol. The van der Waals surface area contributed by atoms with E-state index in [1.165, 1.54) is 16.5 Å². The quantitative estimate of drug-likeness (QED) is 0.851. The van der Waals surface area contributed by atoms with Crippen LogP contribution in [0.3, 0.4) is 0 Å². The van der Waals surface area contributed by atoms with Crippen molar-refractivity contribution in [1.29, 1.82) is 0 Å². The zero-order valence-electron chi connectivity index (χ0n) is 16.0. The van der Waals surface area contributed by atoms with Gasteiger partial charge in [0.1, 0.15) is 17.1 Å². The van der Waals surface area contributed by atoms with Gasteiger partial charge in [0, 0.05) is 49.6 Å². The third-order valence-corrected chi connectivity index (χ3v) is 8.08. The molecule has 2 aromatic heterocycles. The van der Waals surface area contributed by atoms with Crippen molar-refractivity contribution in [3.63, 3.8) is 0 Å². The molecule has 0 aromatic carbocycles. The molecule has 0 spiro atoms. The van der Waals surface area contributed by atoms with E-state index in [4.69, 9.17) is 0 Å². The summed E-state index contributed by atoms with van der Waals surface area (Å²) in [6.45, 7) is 2.90. The second kappa shape index (κ2) is 7.33. The normalized spacial score (nSPS) is 28.7. The maximum atomic E-state index is 14.3. The van der Waals surface area contributed by atoms with Crippen LogP contribution in [-0.2, 0) is 10.0 Å². The zero-order valence-corrected chi connectivity index (χ0v) is 16.8. The number of pyridine rings is 1. The van der Waals surface area contributed by atoms with E-state index in [0.29, 0.717) is 19.0 Å². The Labute approximate surface area is 164 Å². The lowest BCUT2D eigenvalue weighted by Crippen LogP contribution is -2.55. The fourth-order valence-corrected chi connectivity index (χ4v) is 5.96. The van der Waals surface area contributed by atoms with Crippen molar-refractivity contribution >= 4 is 26.7 Å². The summed E-state index contributed by atoms with van der Waals surface area (Å²) in [6, 6.07) is 3.91. The highest BCUT2D eigenvalue weighted by Crippen LogP contribution is 2.32. The van der Waals surface area contributed by atoms with E-state index in [0.717, 1.165) is 23.1 Å². The van der Waals surface area contributed by atoms with Crippen LogP contribution in [0.4, 0.5) is 10.1 Å². The number of sulfonamides is 1. The number of rotatable bonds is 4. The number of alkyl halides is 1. The van der Waals surface area contributed by atoms with Gasteiger partial charge in [0.15, 0.2) is 0 Å². The summed E-state index contributed by atoms with van der Waals surface area (Å²) >= 11 is 0. The topological polar surface area (TPSA) is 69.3 Å². The van der Waals surface area contributed by atoms with Gasteiger partial charge >= 0.3 is 0 Å². The van der Waals surface area contributed by atoms with Crippen molar-refractivity contribution in [3.8, 4) is 0 Å². The smallest absolute Gasteiger partial charge is 0.223 e. The average Bonchev–Trinajstić information content (AvgIpc) is 3.16. The Kier molecular flexibility index (Phi) is 5.01. The van der Waals surface area contributed by atoms with E-state index in [-0.39, 0.29) is 6.04 Å². The summed E-state index contributed by atoms with van der Waals surface area (Å²) in [6.07, 6.45) is 8.73. The predicted molar refractivity (Wildman–Crippen MR) is 110 cm³/mol. The van der Waals surface area contributed by atoms with Crippen LogP contribution in [0.5, 0.6) is 0 Å². The molecule has 1 aliphatic heterocycles. The van der Waals surface area contributed by atoms with Gasteiger partial charge in [-0.15, -0.1) is 0 Å². The molecule has 2 aliphatic rings. The Hall–Kier alpha value is -2.19. The van der Waals surface area contributed by atoms with Crippen molar-refractivity contribution in [3.05, 3.63) is 48.8 Å². The number of anilines is 1. The number of aromatic nitrogens is 2. The number of aromatic amines is 1. The molecule has 4 atom stereocenters.